The Labute approximate surface area is 97.7 Å². The van der Waals surface area contributed by atoms with Crippen molar-refractivity contribution in [2.45, 2.75) is 0 Å². The van der Waals surface area contributed by atoms with Crippen molar-refractivity contribution in [2.75, 3.05) is 11.9 Å². The molecule has 0 radical (unpaired) electrons. The lowest BCUT2D eigenvalue weighted by Crippen LogP contribution is -2.27. The zero-order valence-electron chi connectivity index (χ0n) is 9.17. The molecule has 0 aliphatic heterocycles. The number of halogens is 1. The maximum atomic E-state index is 13.3. The van der Waals surface area contributed by atoms with Gasteiger partial charge in [0, 0.05) is 19.4 Å². The summed E-state index contributed by atoms with van der Waals surface area (Å²) in [6, 6.07) is 6.35. The van der Waals surface area contributed by atoms with Gasteiger partial charge in [-0.25, -0.2) is 4.98 Å². The van der Waals surface area contributed by atoms with Gasteiger partial charge in [-0.3, -0.25) is 9.78 Å². The second-order valence-electron chi connectivity index (χ2n) is 3.42. The Hall–Kier alpha value is -2.30. The first kappa shape index (κ1) is 11.2. The van der Waals surface area contributed by atoms with E-state index in [-0.39, 0.29) is 5.56 Å². The van der Waals surface area contributed by atoms with Gasteiger partial charge in [0.2, 0.25) is 5.95 Å². The van der Waals surface area contributed by atoms with Crippen LogP contribution in [0.4, 0.5) is 10.1 Å². The Bertz CT molecular complexity index is 530. The summed E-state index contributed by atoms with van der Waals surface area (Å²) in [7, 11) is 1.56. The third-order valence-electron chi connectivity index (χ3n) is 2.33. The number of nitrogens with zero attached hydrogens (tertiary/aromatic N) is 3. The average molecular weight is 231 g/mol. The van der Waals surface area contributed by atoms with Crippen molar-refractivity contribution >= 4 is 11.6 Å². The number of carbonyl (C=O) groups is 1. The summed E-state index contributed by atoms with van der Waals surface area (Å²) in [4.78, 5) is 20.7. The van der Waals surface area contributed by atoms with Crippen LogP contribution in [-0.2, 0) is 0 Å². The molecule has 2 rings (SSSR count). The van der Waals surface area contributed by atoms with Gasteiger partial charge in [0.1, 0.15) is 0 Å². The highest BCUT2D eigenvalue weighted by molar-refractivity contribution is 6.05. The summed E-state index contributed by atoms with van der Waals surface area (Å²) in [6.07, 6.45) is 4.44. The smallest absolute Gasteiger partial charge is 0.262 e. The van der Waals surface area contributed by atoms with Crippen molar-refractivity contribution in [3.63, 3.8) is 0 Å². The predicted octanol–water partition coefficient (Wildman–Crippen LogP) is 1.89. The average Bonchev–Trinajstić information content (AvgIpc) is 2.39. The molecule has 17 heavy (non-hydrogen) atoms. The van der Waals surface area contributed by atoms with Gasteiger partial charge in [0.15, 0.2) is 0 Å². The van der Waals surface area contributed by atoms with Crippen LogP contribution in [0, 0.1) is 5.95 Å². The van der Waals surface area contributed by atoms with Crippen molar-refractivity contribution in [3.8, 4) is 0 Å². The molecule has 2 aromatic rings. The number of hydrogen-bond donors (Lipinski definition) is 0. The fraction of sp³-hybridized carbons (Fsp3) is 0.0833. The monoisotopic (exact) mass is 231 g/mol. The van der Waals surface area contributed by atoms with E-state index < -0.39 is 11.9 Å². The van der Waals surface area contributed by atoms with Crippen LogP contribution in [0.2, 0.25) is 0 Å². The summed E-state index contributed by atoms with van der Waals surface area (Å²) < 4.78 is 13.3. The van der Waals surface area contributed by atoms with E-state index in [1.165, 1.54) is 29.4 Å². The van der Waals surface area contributed by atoms with Gasteiger partial charge in [0.25, 0.3) is 5.91 Å². The van der Waals surface area contributed by atoms with Crippen molar-refractivity contribution in [1.82, 2.24) is 9.97 Å². The van der Waals surface area contributed by atoms with Crippen LogP contribution in [0.25, 0.3) is 0 Å². The van der Waals surface area contributed by atoms with Crippen LogP contribution >= 0.6 is 0 Å². The standard InChI is InChI=1S/C12H10FN3O/c1-16(9-4-2-6-14-8-9)12(17)10-5-3-7-15-11(10)13/h2-8H,1H3. The van der Waals surface area contributed by atoms with Crippen LogP contribution in [0.1, 0.15) is 10.4 Å². The second-order valence-corrected chi connectivity index (χ2v) is 3.42. The van der Waals surface area contributed by atoms with E-state index in [9.17, 15) is 9.18 Å². The highest BCUT2D eigenvalue weighted by atomic mass is 19.1. The third-order valence-corrected chi connectivity index (χ3v) is 2.33. The van der Waals surface area contributed by atoms with Crippen molar-refractivity contribution in [1.29, 1.82) is 0 Å². The Morgan fingerprint density at radius 2 is 2.06 bits per heavy atom. The van der Waals surface area contributed by atoms with Crippen LogP contribution in [-0.4, -0.2) is 22.9 Å². The van der Waals surface area contributed by atoms with Crippen LogP contribution in [0.15, 0.2) is 42.9 Å². The highest BCUT2D eigenvalue weighted by Crippen LogP contribution is 2.14. The van der Waals surface area contributed by atoms with Gasteiger partial charge in [-0.15, -0.1) is 0 Å². The molecular formula is C12H10FN3O. The summed E-state index contributed by atoms with van der Waals surface area (Å²) in [6.45, 7) is 0. The molecule has 2 aromatic heterocycles. The molecule has 0 aliphatic carbocycles. The first-order chi connectivity index (χ1) is 8.20. The van der Waals surface area contributed by atoms with Gasteiger partial charge < -0.3 is 4.90 Å². The number of amides is 1. The summed E-state index contributed by atoms with van der Waals surface area (Å²) in [5, 5.41) is 0. The van der Waals surface area contributed by atoms with E-state index in [4.69, 9.17) is 0 Å². The number of rotatable bonds is 2. The molecule has 0 saturated carbocycles. The van der Waals surface area contributed by atoms with Gasteiger partial charge >= 0.3 is 0 Å². The van der Waals surface area contributed by atoms with Crippen LogP contribution in [0.5, 0.6) is 0 Å². The highest BCUT2D eigenvalue weighted by Gasteiger charge is 2.17. The normalized spacial score (nSPS) is 10.0. The number of aromatic nitrogens is 2. The van der Waals surface area contributed by atoms with Crippen molar-refractivity contribution in [3.05, 3.63) is 54.4 Å². The molecule has 0 N–H and O–H groups in total. The van der Waals surface area contributed by atoms with Crippen molar-refractivity contribution < 1.29 is 9.18 Å². The molecule has 0 spiro atoms. The largest absolute Gasteiger partial charge is 0.310 e. The molecule has 0 unspecified atom stereocenters. The summed E-state index contributed by atoms with van der Waals surface area (Å²) >= 11 is 0. The predicted molar refractivity (Wildman–Crippen MR) is 61.2 cm³/mol. The van der Waals surface area contributed by atoms with E-state index in [0.29, 0.717) is 5.69 Å². The number of carbonyl (C=O) groups excluding carboxylic acids is 1. The van der Waals surface area contributed by atoms with Crippen molar-refractivity contribution in [2.24, 2.45) is 0 Å². The fourth-order valence-corrected chi connectivity index (χ4v) is 1.40. The molecule has 2 heterocycles. The first-order valence-corrected chi connectivity index (χ1v) is 4.99. The lowest BCUT2D eigenvalue weighted by Gasteiger charge is -2.16. The summed E-state index contributed by atoms with van der Waals surface area (Å²) in [5.74, 6) is -1.23. The molecule has 0 fully saturated rings. The number of pyridine rings is 2. The first-order valence-electron chi connectivity index (χ1n) is 4.99. The van der Waals surface area contributed by atoms with Gasteiger partial charge in [0.05, 0.1) is 17.4 Å². The fourth-order valence-electron chi connectivity index (χ4n) is 1.40. The molecule has 0 saturated heterocycles. The summed E-state index contributed by atoms with van der Waals surface area (Å²) in [5.41, 5.74) is 0.541. The second kappa shape index (κ2) is 4.69. The molecule has 86 valence electrons. The Kier molecular flexibility index (Phi) is 3.09. The SMILES string of the molecule is CN(C(=O)c1cccnc1F)c1cccnc1. The quantitative estimate of drug-likeness (QED) is 0.741. The zero-order valence-corrected chi connectivity index (χ0v) is 9.17. The van der Waals surface area contributed by atoms with Gasteiger partial charge in [-0.1, -0.05) is 0 Å². The minimum Gasteiger partial charge on any atom is -0.310 e. The van der Waals surface area contributed by atoms with Crippen LogP contribution < -0.4 is 4.90 Å². The van der Waals surface area contributed by atoms with E-state index >= 15 is 0 Å². The minimum absolute atomic E-state index is 0.0566. The molecule has 1 amide bonds. The molecular weight excluding hydrogens is 221 g/mol. The van der Waals surface area contributed by atoms with E-state index in [2.05, 4.69) is 9.97 Å². The molecule has 0 bridgehead atoms. The van der Waals surface area contributed by atoms with E-state index in [0.717, 1.165) is 0 Å². The molecule has 4 nitrogen and oxygen atoms in total. The number of hydrogen-bond acceptors (Lipinski definition) is 3. The molecule has 0 aromatic carbocycles. The number of anilines is 1. The third kappa shape index (κ3) is 2.28. The van der Waals surface area contributed by atoms with Crippen LogP contribution in [0.3, 0.4) is 0 Å². The minimum atomic E-state index is -0.770. The molecule has 0 atom stereocenters. The Balaban J connectivity index is 2.30. The molecule has 0 aliphatic rings. The zero-order chi connectivity index (χ0) is 12.3. The molecule has 5 heteroatoms. The lowest BCUT2D eigenvalue weighted by atomic mass is 10.2. The van der Waals surface area contributed by atoms with E-state index in [1.54, 1.807) is 25.4 Å². The maximum absolute atomic E-state index is 13.3. The Morgan fingerprint density at radius 1 is 1.29 bits per heavy atom. The lowest BCUT2D eigenvalue weighted by molar-refractivity contribution is 0.0988. The van der Waals surface area contributed by atoms with Gasteiger partial charge in [-0.2, -0.15) is 4.39 Å². The Morgan fingerprint density at radius 3 is 2.71 bits per heavy atom. The van der Waals surface area contributed by atoms with Gasteiger partial charge in [-0.05, 0) is 24.3 Å². The van der Waals surface area contributed by atoms with E-state index in [1.807, 2.05) is 0 Å². The topological polar surface area (TPSA) is 46.1 Å². The maximum Gasteiger partial charge on any atom is 0.262 e.